The first kappa shape index (κ1) is 15.1. The lowest BCUT2D eigenvalue weighted by Crippen LogP contribution is -2.59. The molecule has 120 valence electrons. The van der Waals surface area contributed by atoms with Gasteiger partial charge in [-0.1, -0.05) is 13.8 Å². The molecule has 0 aromatic carbocycles. The maximum absolute atomic E-state index is 12.6. The van der Waals surface area contributed by atoms with Crippen LogP contribution in [0, 0.1) is 5.41 Å². The Morgan fingerprint density at radius 1 is 1.27 bits per heavy atom. The summed E-state index contributed by atoms with van der Waals surface area (Å²) < 4.78 is 1.87. The van der Waals surface area contributed by atoms with E-state index in [4.69, 9.17) is 5.73 Å². The summed E-state index contributed by atoms with van der Waals surface area (Å²) in [6, 6.07) is 0. The van der Waals surface area contributed by atoms with Gasteiger partial charge in [0.25, 0.3) is 5.91 Å². The van der Waals surface area contributed by atoms with E-state index in [0.29, 0.717) is 18.4 Å². The van der Waals surface area contributed by atoms with E-state index >= 15 is 0 Å². The minimum atomic E-state index is -0.917. The molecule has 0 radical (unpaired) electrons. The molecule has 2 amide bonds. The summed E-state index contributed by atoms with van der Waals surface area (Å²) >= 11 is 0. The lowest BCUT2D eigenvalue weighted by Gasteiger charge is -2.41. The number of carbonyl (C=O) groups excluding carboxylic acids is 2. The molecular formula is C16H24N4O2. The molecule has 0 saturated heterocycles. The lowest BCUT2D eigenvalue weighted by molar-refractivity contribution is -0.126. The first-order valence-electron chi connectivity index (χ1n) is 8.00. The Hall–Kier alpha value is -1.85. The normalized spacial score (nSPS) is 22.1. The second-order valence-electron chi connectivity index (χ2n) is 7.40. The predicted octanol–water partition coefficient (Wildman–Crippen LogP) is 1.38. The maximum Gasteiger partial charge on any atom is 0.255 e. The number of aromatic nitrogens is 2. The third-order valence-electron chi connectivity index (χ3n) is 5.26. The highest BCUT2D eigenvalue weighted by atomic mass is 16.2. The maximum atomic E-state index is 12.6. The van der Waals surface area contributed by atoms with E-state index in [-0.39, 0.29) is 11.3 Å². The highest BCUT2D eigenvalue weighted by Crippen LogP contribution is 2.40. The van der Waals surface area contributed by atoms with E-state index in [1.807, 2.05) is 4.68 Å². The van der Waals surface area contributed by atoms with Crippen molar-refractivity contribution in [1.82, 2.24) is 15.1 Å². The summed E-state index contributed by atoms with van der Waals surface area (Å²) in [5.74, 6) is -0.651. The van der Waals surface area contributed by atoms with E-state index in [2.05, 4.69) is 24.3 Å². The van der Waals surface area contributed by atoms with Crippen LogP contribution in [0.1, 0.15) is 62.0 Å². The quantitative estimate of drug-likeness (QED) is 0.884. The van der Waals surface area contributed by atoms with Gasteiger partial charge in [-0.05, 0) is 43.9 Å². The van der Waals surface area contributed by atoms with Gasteiger partial charge < -0.3 is 11.1 Å². The fourth-order valence-electron chi connectivity index (χ4n) is 3.52. The zero-order chi connectivity index (χ0) is 16.0. The summed E-state index contributed by atoms with van der Waals surface area (Å²) in [7, 11) is 0. The standard InChI is InChI=1S/C16H24N4O2/c1-15(2)5-7-16(8-6-15,14(17)22)19-13(21)11-10-18-20-9-3-4-12(11)20/h10H,3-9H2,1-2H3,(H2,17,22)(H,19,21). The van der Waals surface area contributed by atoms with Crippen LogP contribution in [0.25, 0.3) is 0 Å². The van der Waals surface area contributed by atoms with Gasteiger partial charge >= 0.3 is 0 Å². The third kappa shape index (κ3) is 2.51. The van der Waals surface area contributed by atoms with Crippen molar-refractivity contribution in [3.05, 3.63) is 17.5 Å². The number of nitrogens with two attached hydrogens (primary N) is 1. The van der Waals surface area contributed by atoms with Crippen LogP contribution >= 0.6 is 0 Å². The number of nitrogens with one attached hydrogen (secondary N) is 1. The zero-order valence-corrected chi connectivity index (χ0v) is 13.3. The average Bonchev–Trinajstić information content (AvgIpc) is 3.03. The second-order valence-corrected chi connectivity index (χ2v) is 7.40. The third-order valence-corrected chi connectivity index (χ3v) is 5.26. The Bertz CT molecular complexity index is 608. The lowest BCUT2D eigenvalue weighted by atomic mass is 9.69. The number of rotatable bonds is 3. The molecule has 1 aliphatic heterocycles. The molecule has 3 rings (SSSR count). The van der Waals surface area contributed by atoms with E-state index in [1.165, 1.54) is 0 Å². The van der Waals surface area contributed by atoms with Gasteiger partial charge in [0.2, 0.25) is 5.91 Å². The Morgan fingerprint density at radius 2 is 1.95 bits per heavy atom. The van der Waals surface area contributed by atoms with Crippen LogP contribution in [0.3, 0.4) is 0 Å². The van der Waals surface area contributed by atoms with Crippen LogP contribution in [-0.2, 0) is 17.8 Å². The summed E-state index contributed by atoms with van der Waals surface area (Å²) in [6.45, 7) is 5.23. The molecule has 2 heterocycles. The van der Waals surface area contributed by atoms with Crippen molar-refractivity contribution in [2.45, 2.75) is 64.5 Å². The van der Waals surface area contributed by atoms with Gasteiger partial charge in [-0.15, -0.1) is 0 Å². The number of hydrogen-bond donors (Lipinski definition) is 2. The summed E-state index contributed by atoms with van der Waals surface area (Å²) in [5, 5.41) is 7.18. The van der Waals surface area contributed by atoms with Crippen LogP contribution in [0.15, 0.2) is 6.20 Å². The summed E-state index contributed by atoms with van der Waals surface area (Å²) in [5.41, 5.74) is 6.46. The number of carbonyl (C=O) groups is 2. The molecule has 0 bridgehead atoms. The van der Waals surface area contributed by atoms with Crippen LogP contribution in [-0.4, -0.2) is 27.1 Å². The number of fused-ring (bicyclic) bond motifs is 1. The molecule has 1 aromatic rings. The number of hydrogen-bond acceptors (Lipinski definition) is 3. The number of aryl methyl sites for hydroxylation is 1. The van der Waals surface area contributed by atoms with Crippen molar-refractivity contribution in [2.75, 3.05) is 0 Å². The Labute approximate surface area is 130 Å². The Morgan fingerprint density at radius 3 is 2.59 bits per heavy atom. The van der Waals surface area contributed by atoms with Crippen molar-refractivity contribution >= 4 is 11.8 Å². The predicted molar refractivity (Wildman–Crippen MR) is 82.2 cm³/mol. The molecule has 6 nitrogen and oxygen atoms in total. The van der Waals surface area contributed by atoms with E-state index in [0.717, 1.165) is 37.9 Å². The van der Waals surface area contributed by atoms with Crippen LogP contribution in [0.5, 0.6) is 0 Å². The number of nitrogens with zero attached hydrogens (tertiary/aromatic N) is 2. The fourth-order valence-corrected chi connectivity index (χ4v) is 3.52. The number of primary amides is 1. The molecule has 0 spiro atoms. The minimum absolute atomic E-state index is 0.197. The molecule has 1 aliphatic carbocycles. The van der Waals surface area contributed by atoms with E-state index in [9.17, 15) is 9.59 Å². The van der Waals surface area contributed by atoms with Crippen molar-refractivity contribution in [3.63, 3.8) is 0 Å². The van der Waals surface area contributed by atoms with Crippen molar-refractivity contribution in [2.24, 2.45) is 11.1 Å². The fraction of sp³-hybridized carbons (Fsp3) is 0.688. The minimum Gasteiger partial charge on any atom is -0.368 e. The van der Waals surface area contributed by atoms with Crippen molar-refractivity contribution in [1.29, 1.82) is 0 Å². The van der Waals surface area contributed by atoms with Gasteiger partial charge in [-0.2, -0.15) is 5.10 Å². The second kappa shape index (κ2) is 5.11. The van der Waals surface area contributed by atoms with Gasteiger partial charge in [0.05, 0.1) is 17.5 Å². The molecule has 1 saturated carbocycles. The average molecular weight is 304 g/mol. The topological polar surface area (TPSA) is 90.0 Å². The van der Waals surface area contributed by atoms with Crippen molar-refractivity contribution in [3.8, 4) is 0 Å². The number of amides is 2. The Balaban J connectivity index is 1.80. The molecule has 3 N–H and O–H groups in total. The molecule has 1 fully saturated rings. The zero-order valence-electron chi connectivity index (χ0n) is 13.3. The highest BCUT2D eigenvalue weighted by molar-refractivity contribution is 5.99. The van der Waals surface area contributed by atoms with Gasteiger partial charge in [0.1, 0.15) is 5.54 Å². The molecular weight excluding hydrogens is 280 g/mol. The summed E-state index contributed by atoms with van der Waals surface area (Å²) in [6.07, 6.45) is 6.43. The van der Waals surface area contributed by atoms with Crippen LogP contribution in [0.4, 0.5) is 0 Å². The smallest absolute Gasteiger partial charge is 0.255 e. The monoisotopic (exact) mass is 304 g/mol. The largest absolute Gasteiger partial charge is 0.368 e. The van der Waals surface area contributed by atoms with E-state index < -0.39 is 11.4 Å². The first-order valence-corrected chi connectivity index (χ1v) is 8.00. The molecule has 22 heavy (non-hydrogen) atoms. The van der Waals surface area contributed by atoms with Crippen LogP contribution in [0.2, 0.25) is 0 Å². The van der Waals surface area contributed by atoms with E-state index in [1.54, 1.807) is 6.20 Å². The molecule has 6 heteroatoms. The molecule has 0 unspecified atom stereocenters. The Kier molecular flexibility index (Phi) is 3.50. The summed E-state index contributed by atoms with van der Waals surface area (Å²) in [4.78, 5) is 24.6. The SMILES string of the molecule is CC1(C)CCC(NC(=O)c2cnn3c2CCC3)(C(N)=O)CC1. The highest BCUT2D eigenvalue weighted by Gasteiger charge is 2.44. The molecule has 1 aromatic heterocycles. The van der Waals surface area contributed by atoms with Gasteiger partial charge in [-0.25, -0.2) is 0 Å². The molecule has 0 atom stereocenters. The van der Waals surface area contributed by atoms with Crippen molar-refractivity contribution < 1.29 is 9.59 Å². The van der Waals surface area contributed by atoms with Gasteiger partial charge in [0, 0.05) is 6.54 Å². The first-order chi connectivity index (χ1) is 10.3. The van der Waals surface area contributed by atoms with Crippen LogP contribution < -0.4 is 11.1 Å². The van der Waals surface area contributed by atoms with Gasteiger partial charge in [-0.3, -0.25) is 14.3 Å². The molecule has 2 aliphatic rings. The van der Waals surface area contributed by atoms with Gasteiger partial charge in [0.15, 0.2) is 0 Å².